The number of pyridine rings is 1. The lowest BCUT2D eigenvalue weighted by Gasteiger charge is -2.15. The first-order valence-electron chi connectivity index (χ1n) is 5.15. The molecule has 0 fully saturated rings. The fraction of sp³-hybridized carbons (Fsp3) is 0.455. The van der Waals surface area contributed by atoms with Gasteiger partial charge in [-0.2, -0.15) is 0 Å². The first kappa shape index (κ1) is 12.4. The Kier molecular flexibility index (Phi) is 4.72. The van der Waals surface area contributed by atoms with Crippen LogP contribution in [0.15, 0.2) is 18.2 Å². The van der Waals surface area contributed by atoms with Crippen LogP contribution in [-0.2, 0) is 9.53 Å². The van der Waals surface area contributed by atoms with Crippen LogP contribution in [0.5, 0.6) is 0 Å². The minimum Gasteiger partial charge on any atom is -0.481 e. The van der Waals surface area contributed by atoms with Gasteiger partial charge in [-0.05, 0) is 19.1 Å². The van der Waals surface area contributed by atoms with E-state index in [9.17, 15) is 4.79 Å². The highest BCUT2D eigenvalue weighted by Gasteiger charge is 2.17. The second-order valence-electron chi connectivity index (χ2n) is 3.24. The predicted octanol–water partition coefficient (Wildman–Crippen LogP) is 1.68. The number of carbonyl (C=O) groups is 1. The van der Waals surface area contributed by atoms with E-state index in [2.05, 4.69) is 10.3 Å². The van der Waals surface area contributed by atoms with Crippen molar-refractivity contribution in [3.8, 4) is 0 Å². The second kappa shape index (κ2) is 6.07. The van der Waals surface area contributed by atoms with Crippen molar-refractivity contribution in [2.45, 2.75) is 19.4 Å². The number of aliphatic carboxylic acids is 1. The molecule has 0 aliphatic carbocycles. The number of nitrogens with one attached hydrogen (secondary N) is 1. The van der Waals surface area contributed by atoms with Crippen molar-refractivity contribution in [1.82, 2.24) is 4.98 Å². The molecule has 0 aromatic carbocycles. The van der Waals surface area contributed by atoms with Crippen molar-refractivity contribution in [3.05, 3.63) is 23.9 Å². The van der Waals surface area contributed by atoms with E-state index in [0.717, 1.165) is 0 Å². The Bertz CT molecular complexity index is 355. The minimum atomic E-state index is -0.893. The SMILES string of the molecule is CCOC(CC(=O)O)c1cccc(NC)n1. The Hall–Kier alpha value is -1.62. The predicted molar refractivity (Wildman–Crippen MR) is 60.4 cm³/mol. The Labute approximate surface area is 94.5 Å². The van der Waals surface area contributed by atoms with Crippen LogP contribution in [0.2, 0.25) is 0 Å². The Balaban J connectivity index is 2.86. The van der Waals surface area contributed by atoms with Gasteiger partial charge in [0.05, 0.1) is 12.1 Å². The van der Waals surface area contributed by atoms with Gasteiger partial charge < -0.3 is 15.2 Å². The minimum absolute atomic E-state index is 0.0754. The highest BCUT2D eigenvalue weighted by molar-refractivity contribution is 5.67. The molecule has 0 aliphatic heterocycles. The first-order chi connectivity index (χ1) is 7.67. The van der Waals surface area contributed by atoms with Crippen molar-refractivity contribution in [2.75, 3.05) is 19.0 Å². The summed E-state index contributed by atoms with van der Waals surface area (Å²) in [7, 11) is 1.76. The molecular weight excluding hydrogens is 208 g/mol. The average molecular weight is 224 g/mol. The van der Waals surface area contributed by atoms with Gasteiger partial charge in [-0.1, -0.05) is 6.07 Å². The highest BCUT2D eigenvalue weighted by atomic mass is 16.5. The third kappa shape index (κ3) is 3.51. The summed E-state index contributed by atoms with van der Waals surface area (Å²) >= 11 is 0. The zero-order valence-electron chi connectivity index (χ0n) is 9.43. The summed E-state index contributed by atoms with van der Waals surface area (Å²) in [5.41, 5.74) is 0.635. The molecule has 1 atom stereocenters. The van der Waals surface area contributed by atoms with Gasteiger partial charge in [0, 0.05) is 13.7 Å². The molecule has 0 spiro atoms. The molecule has 1 heterocycles. The van der Waals surface area contributed by atoms with E-state index in [4.69, 9.17) is 9.84 Å². The van der Waals surface area contributed by atoms with Crippen LogP contribution in [0.25, 0.3) is 0 Å². The molecule has 0 radical (unpaired) electrons. The van der Waals surface area contributed by atoms with Gasteiger partial charge in [0.25, 0.3) is 0 Å². The molecule has 1 aromatic heterocycles. The number of carboxylic acids is 1. The van der Waals surface area contributed by atoms with Crippen LogP contribution in [-0.4, -0.2) is 29.7 Å². The number of hydrogen-bond donors (Lipinski definition) is 2. The summed E-state index contributed by atoms with van der Waals surface area (Å²) in [5.74, 6) is -0.192. The maximum Gasteiger partial charge on any atom is 0.306 e. The number of ether oxygens (including phenoxy) is 1. The molecular formula is C11H16N2O3. The third-order valence-corrected chi connectivity index (χ3v) is 2.08. The van der Waals surface area contributed by atoms with E-state index in [1.165, 1.54) is 0 Å². The number of carboxylic acid groups (broad SMARTS) is 1. The lowest BCUT2D eigenvalue weighted by atomic mass is 10.1. The first-order valence-corrected chi connectivity index (χ1v) is 5.15. The van der Waals surface area contributed by atoms with Crippen molar-refractivity contribution in [1.29, 1.82) is 0 Å². The normalized spacial score (nSPS) is 12.1. The fourth-order valence-electron chi connectivity index (χ4n) is 1.38. The van der Waals surface area contributed by atoms with E-state index >= 15 is 0 Å². The summed E-state index contributed by atoms with van der Waals surface area (Å²) in [6.07, 6.45) is -0.565. The van der Waals surface area contributed by atoms with Crippen molar-refractivity contribution < 1.29 is 14.6 Å². The largest absolute Gasteiger partial charge is 0.481 e. The molecule has 16 heavy (non-hydrogen) atoms. The molecule has 0 saturated carbocycles. The summed E-state index contributed by atoms with van der Waals surface area (Å²) in [5, 5.41) is 11.7. The number of rotatable bonds is 6. The number of aromatic nitrogens is 1. The van der Waals surface area contributed by atoms with Gasteiger partial charge in [0.2, 0.25) is 0 Å². The van der Waals surface area contributed by atoms with E-state index in [-0.39, 0.29) is 6.42 Å². The number of nitrogens with zero attached hydrogens (tertiary/aromatic N) is 1. The quantitative estimate of drug-likeness (QED) is 0.769. The summed E-state index contributed by atoms with van der Waals surface area (Å²) in [4.78, 5) is 15.0. The molecule has 0 amide bonds. The molecule has 2 N–H and O–H groups in total. The Morgan fingerprint density at radius 1 is 1.62 bits per heavy atom. The maximum atomic E-state index is 10.7. The number of hydrogen-bond acceptors (Lipinski definition) is 4. The van der Waals surface area contributed by atoms with Gasteiger partial charge in [0.15, 0.2) is 0 Å². The van der Waals surface area contributed by atoms with Crippen LogP contribution >= 0.6 is 0 Å². The van der Waals surface area contributed by atoms with Crippen molar-refractivity contribution >= 4 is 11.8 Å². The van der Waals surface area contributed by atoms with Gasteiger partial charge in [-0.3, -0.25) is 4.79 Å². The molecule has 0 saturated heterocycles. The summed E-state index contributed by atoms with van der Waals surface area (Å²) in [6, 6.07) is 5.40. The van der Waals surface area contributed by atoms with E-state index < -0.39 is 12.1 Å². The lowest BCUT2D eigenvalue weighted by Crippen LogP contribution is -2.12. The monoisotopic (exact) mass is 224 g/mol. The molecule has 0 aliphatic rings. The average Bonchev–Trinajstić information content (AvgIpc) is 2.28. The van der Waals surface area contributed by atoms with E-state index in [1.807, 2.05) is 19.1 Å². The zero-order valence-corrected chi connectivity index (χ0v) is 9.43. The molecule has 88 valence electrons. The molecule has 0 bridgehead atoms. The molecule has 1 unspecified atom stereocenters. The summed E-state index contributed by atoms with van der Waals surface area (Å²) in [6.45, 7) is 2.29. The Morgan fingerprint density at radius 2 is 2.38 bits per heavy atom. The zero-order chi connectivity index (χ0) is 12.0. The van der Waals surface area contributed by atoms with Crippen LogP contribution < -0.4 is 5.32 Å². The van der Waals surface area contributed by atoms with E-state index in [1.54, 1.807) is 13.1 Å². The van der Waals surface area contributed by atoms with Crippen LogP contribution in [0.1, 0.15) is 25.1 Å². The van der Waals surface area contributed by atoms with Crippen LogP contribution in [0.3, 0.4) is 0 Å². The van der Waals surface area contributed by atoms with Crippen LogP contribution in [0.4, 0.5) is 5.82 Å². The molecule has 1 aromatic rings. The standard InChI is InChI=1S/C11H16N2O3/c1-3-16-9(7-11(14)15)8-5-4-6-10(12-2)13-8/h4-6,9H,3,7H2,1-2H3,(H,12,13)(H,14,15). The third-order valence-electron chi connectivity index (χ3n) is 2.08. The molecule has 5 heteroatoms. The second-order valence-corrected chi connectivity index (χ2v) is 3.24. The molecule has 5 nitrogen and oxygen atoms in total. The van der Waals surface area contributed by atoms with Crippen LogP contribution in [0, 0.1) is 0 Å². The maximum absolute atomic E-state index is 10.7. The lowest BCUT2D eigenvalue weighted by molar-refractivity contribution is -0.140. The smallest absolute Gasteiger partial charge is 0.306 e. The van der Waals surface area contributed by atoms with Crippen molar-refractivity contribution in [2.24, 2.45) is 0 Å². The topological polar surface area (TPSA) is 71.5 Å². The van der Waals surface area contributed by atoms with Gasteiger partial charge >= 0.3 is 5.97 Å². The van der Waals surface area contributed by atoms with Gasteiger partial charge in [-0.15, -0.1) is 0 Å². The molecule has 1 rings (SSSR count). The number of anilines is 1. The highest BCUT2D eigenvalue weighted by Crippen LogP contribution is 2.20. The summed E-state index contributed by atoms with van der Waals surface area (Å²) < 4.78 is 5.37. The van der Waals surface area contributed by atoms with Crippen molar-refractivity contribution in [3.63, 3.8) is 0 Å². The Morgan fingerprint density at radius 3 is 2.94 bits per heavy atom. The van der Waals surface area contributed by atoms with E-state index in [0.29, 0.717) is 18.1 Å². The van der Waals surface area contributed by atoms with Gasteiger partial charge in [-0.25, -0.2) is 4.98 Å². The fourth-order valence-corrected chi connectivity index (χ4v) is 1.38. The van der Waals surface area contributed by atoms with Gasteiger partial charge in [0.1, 0.15) is 11.9 Å².